The number of ether oxygens (including phenoxy) is 1. The van der Waals surface area contributed by atoms with E-state index in [4.69, 9.17) is 4.74 Å². The van der Waals surface area contributed by atoms with Crippen LogP contribution in [0.25, 0.3) is 22.2 Å². The lowest BCUT2D eigenvalue weighted by atomic mass is 9.93. The van der Waals surface area contributed by atoms with E-state index in [1.807, 2.05) is 53.1 Å². The molecule has 2 unspecified atom stereocenters. The van der Waals surface area contributed by atoms with E-state index >= 15 is 0 Å². The molecular weight excluding hydrogens is 464 g/mol. The van der Waals surface area contributed by atoms with Gasteiger partial charge in [-0.15, -0.1) is 0 Å². The first kappa shape index (κ1) is 23.6. The third kappa shape index (κ3) is 4.55. The van der Waals surface area contributed by atoms with Crippen molar-refractivity contribution < 1.29 is 14.6 Å². The van der Waals surface area contributed by atoms with Crippen LogP contribution >= 0.6 is 0 Å². The van der Waals surface area contributed by atoms with E-state index < -0.39 is 6.10 Å². The zero-order valence-electron chi connectivity index (χ0n) is 21.3. The Morgan fingerprint density at radius 3 is 2.73 bits per heavy atom. The highest BCUT2D eigenvalue weighted by Crippen LogP contribution is 2.36. The average molecular weight is 497 g/mol. The van der Waals surface area contributed by atoms with Crippen LogP contribution in [0.4, 0.5) is 4.79 Å². The number of hydrogen-bond donors (Lipinski definition) is 2. The summed E-state index contributed by atoms with van der Waals surface area (Å²) >= 11 is 0. The SMILES string of the molecule is Cc1nc2ccc(-c3cc(C)c4c(c3)CN(C(=O)N3CCC(O)CC3c3ccccc3)CCO4)cc2[nH]1. The number of imidazole rings is 1. The summed E-state index contributed by atoms with van der Waals surface area (Å²) < 4.78 is 6.17. The molecule has 0 saturated carbocycles. The number of piperidine rings is 1. The summed E-state index contributed by atoms with van der Waals surface area (Å²) in [6.45, 7) is 6.00. The summed E-state index contributed by atoms with van der Waals surface area (Å²) in [4.78, 5) is 25.6. The maximum Gasteiger partial charge on any atom is 0.320 e. The van der Waals surface area contributed by atoms with Gasteiger partial charge in [0.15, 0.2) is 0 Å². The zero-order valence-corrected chi connectivity index (χ0v) is 21.3. The van der Waals surface area contributed by atoms with Crippen molar-refractivity contribution in [2.24, 2.45) is 0 Å². The number of likely N-dealkylation sites (tertiary alicyclic amines) is 1. The Kier molecular flexibility index (Phi) is 6.08. The number of rotatable bonds is 2. The van der Waals surface area contributed by atoms with Crippen LogP contribution < -0.4 is 4.74 Å². The third-order valence-corrected chi connectivity index (χ3v) is 7.53. The maximum atomic E-state index is 13.9. The number of nitrogens with zero attached hydrogens (tertiary/aromatic N) is 3. The monoisotopic (exact) mass is 496 g/mol. The molecule has 0 aliphatic carbocycles. The summed E-state index contributed by atoms with van der Waals surface area (Å²) in [5, 5.41) is 10.4. The minimum atomic E-state index is -0.399. The molecule has 1 saturated heterocycles. The number of aliphatic hydroxyl groups excluding tert-OH is 1. The van der Waals surface area contributed by atoms with Crippen LogP contribution in [0, 0.1) is 13.8 Å². The standard InChI is InChI=1S/C30H32N4O3/c1-19-14-23(22-8-9-26-27(16-22)32-20(2)31-26)15-24-18-33(12-13-37-29(19)24)30(36)34-11-10-25(35)17-28(34)21-6-4-3-5-7-21/h3-9,14-16,25,28,35H,10-13,17-18H2,1-2H3,(H,31,32). The van der Waals surface area contributed by atoms with Crippen molar-refractivity contribution in [1.82, 2.24) is 19.8 Å². The van der Waals surface area contributed by atoms with Crippen molar-refractivity contribution in [3.63, 3.8) is 0 Å². The molecule has 2 aliphatic rings. The summed E-state index contributed by atoms with van der Waals surface area (Å²) in [5.74, 6) is 1.76. The number of carbonyl (C=O) groups excluding carboxylic acids is 1. The highest BCUT2D eigenvalue weighted by Gasteiger charge is 2.35. The summed E-state index contributed by atoms with van der Waals surface area (Å²) in [6.07, 6.45) is 0.744. The lowest BCUT2D eigenvalue weighted by molar-refractivity contribution is 0.0456. The molecule has 2 atom stereocenters. The molecule has 0 bridgehead atoms. The Bertz CT molecular complexity index is 1450. The fourth-order valence-electron chi connectivity index (χ4n) is 5.71. The van der Waals surface area contributed by atoms with Gasteiger partial charge >= 0.3 is 6.03 Å². The summed E-state index contributed by atoms with van der Waals surface area (Å²) in [5.41, 5.74) is 7.27. The number of fused-ring (bicyclic) bond motifs is 2. The number of aliphatic hydroxyl groups is 1. The van der Waals surface area contributed by atoms with Crippen molar-refractivity contribution in [2.75, 3.05) is 19.7 Å². The van der Waals surface area contributed by atoms with Crippen LogP contribution in [0.15, 0.2) is 60.7 Å². The van der Waals surface area contributed by atoms with Gasteiger partial charge in [-0.1, -0.05) is 36.4 Å². The molecule has 7 heteroatoms. The second-order valence-electron chi connectivity index (χ2n) is 10.2. The van der Waals surface area contributed by atoms with Crippen molar-refractivity contribution in [2.45, 2.75) is 45.4 Å². The minimum Gasteiger partial charge on any atom is -0.491 e. The van der Waals surface area contributed by atoms with Gasteiger partial charge in [-0.05, 0) is 73.2 Å². The molecule has 4 aromatic rings. The number of nitrogens with one attached hydrogen (secondary N) is 1. The van der Waals surface area contributed by atoms with Gasteiger partial charge in [-0.25, -0.2) is 9.78 Å². The number of aryl methyl sites for hydroxylation is 2. The van der Waals surface area contributed by atoms with Gasteiger partial charge < -0.3 is 24.6 Å². The van der Waals surface area contributed by atoms with E-state index in [0.29, 0.717) is 39.1 Å². The molecule has 2 aliphatic heterocycles. The fraction of sp³-hybridized carbons (Fsp3) is 0.333. The topological polar surface area (TPSA) is 81.7 Å². The molecule has 37 heavy (non-hydrogen) atoms. The van der Waals surface area contributed by atoms with E-state index in [2.05, 4.69) is 41.2 Å². The van der Waals surface area contributed by atoms with Crippen molar-refractivity contribution in [3.05, 3.63) is 83.2 Å². The summed E-state index contributed by atoms with van der Waals surface area (Å²) in [7, 11) is 0. The van der Waals surface area contributed by atoms with Crippen LogP contribution in [0.3, 0.4) is 0 Å². The third-order valence-electron chi connectivity index (χ3n) is 7.53. The van der Waals surface area contributed by atoms with Crippen molar-refractivity contribution in [1.29, 1.82) is 0 Å². The van der Waals surface area contributed by atoms with Crippen molar-refractivity contribution >= 4 is 17.1 Å². The van der Waals surface area contributed by atoms with Crippen LogP contribution in [-0.4, -0.2) is 56.7 Å². The smallest absolute Gasteiger partial charge is 0.320 e. The van der Waals surface area contributed by atoms with Gasteiger partial charge in [0.1, 0.15) is 18.2 Å². The molecule has 0 radical (unpaired) electrons. The van der Waals surface area contributed by atoms with Gasteiger partial charge in [0, 0.05) is 12.1 Å². The zero-order chi connectivity index (χ0) is 25.5. The normalized spacial score (nSPS) is 19.9. The number of aromatic amines is 1. The molecule has 1 fully saturated rings. The molecule has 1 aromatic heterocycles. The number of aromatic nitrogens is 2. The molecule has 2 N–H and O–H groups in total. The Labute approximate surface area is 216 Å². The largest absolute Gasteiger partial charge is 0.491 e. The molecule has 6 rings (SSSR count). The average Bonchev–Trinajstić information content (AvgIpc) is 3.14. The highest BCUT2D eigenvalue weighted by molar-refractivity contribution is 5.83. The number of hydrogen-bond acceptors (Lipinski definition) is 4. The second kappa shape index (κ2) is 9.56. The van der Waals surface area contributed by atoms with Gasteiger partial charge in [-0.3, -0.25) is 0 Å². The van der Waals surface area contributed by atoms with Gasteiger partial charge in [0.25, 0.3) is 0 Å². The van der Waals surface area contributed by atoms with E-state index in [0.717, 1.165) is 50.4 Å². The van der Waals surface area contributed by atoms with E-state index in [1.54, 1.807) is 0 Å². The molecule has 190 valence electrons. The fourth-order valence-corrected chi connectivity index (χ4v) is 5.71. The minimum absolute atomic E-state index is 0.00499. The van der Waals surface area contributed by atoms with Gasteiger partial charge in [-0.2, -0.15) is 0 Å². The van der Waals surface area contributed by atoms with E-state index in [-0.39, 0.29) is 12.1 Å². The number of H-pyrrole nitrogens is 1. The first-order chi connectivity index (χ1) is 18.0. The molecule has 7 nitrogen and oxygen atoms in total. The predicted octanol–water partition coefficient (Wildman–Crippen LogP) is 5.36. The van der Waals surface area contributed by atoms with Crippen LogP contribution in [0.1, 0.15) is 41.4 Å². The van der Waals surface area contributed by atoms with E-state index in [1.165, 1.54) is 0 Å². The van der Waals surface area contributed by atoms with Crippen LogP contribution in [-0.2, 0) is 6.54 Å². The quantitative estimate of drug-likeness (QED) is 0.392. The first-order valence-corrected chi connectivity index (χ1v) is 13.0. The number of urea groups is 1. The Morgan fingerprint density at radius 2 is 1.89 bits per heavy atom. The molecule has 3 heterocycles. The molecule has 3 aromatic carbocycles. The first-order valence-electron chi connectivity index (χ1n) is 13.0. The lowest BCUT2D eigenvalue weighted by Crippen LogP contribution is -2.49. The van der Waals surface area contributed by atoms with E-state index in [9.17, 15) is 9.90 Å². The number of carbonyl (C=O) groups is 1. The van der Waals surface area contributed by atoms with Crippen LogP contribution in [0.5, 0.6) is 5.75 Å². The number of benzene rings is 3. The Balaban J connectivity index is 1.30. The predicted molar refractivity (Wildman–Crippen MR) is 143 cm³/mol. The highest BCUT2D eigenvalue weighted by atomic mass is 16.5. The second-order valence-corrected chi connectivity index (χ2v) is 10.2. The summed E-state index contributed by atoms with van der Waals surface area (Å²) in [6, 6.07) is 20.4. The lowest BCUT2D eigenvalue weighted by Gasteiger charge is -2.40. The molecule has 0 spiro atoms. The Morgan fingerprint density at radius 1 is 1.05 bits per heavy atom. The molecular formula is C30H32N4O3. The Hall–Kier alpha value is -3.84. The number of amides is 2. The van der Waals surface area contributed by atoms with Gasteiger partial charge in [0.2, 0.25) is 0 Å². The van der Waals surface area contributed by atoms with Crippen LogP contribution in [0.2, 0.25) is 0 Å². The molecule has 2 amide bonds. The van der Waals surface area contributed by atoms with Gasteiger partial charge in [0.05, 0.1) is 36.3 Å². The van der Waals surface area contributed by atoms with Crippen molar-refractivity contribution in [3.8, 4) is 16.9 Å². The maximum absolute atomic E-state index is 13.9.